The van der Waals surface area contributed by atoms with Crippen LogP contribution in [0.1, 0.15) is 0 Å². The average molecular weight is 389 g/mol. The number of rotatable bonds is 5. The van der Waals surface area contributed by atoms with Gasteiger partial charge in [-0.3, -0.25) is 0 Å². The first-order valence-electron chi connectivity index (χ1n) is 8.07. The lowest BCUT2D eigenvalue weighted by Gasteiger charge is -2.31. The summed E-state index contributed by atoms with van der Waals surface area (Å²) in [6.45, 7) is 3.31. The van der Waals surface area contributed by atoms with Gasteiger partial charge in [0, 0.05) is 25.2 Å². The standard InChI is InChI=1S/C16H19ClFN3O3S/c17-10-15(25)19-11-21(5-8-24-16(21)22)12-1-2-14(13(18)9-12)20-3-6-23-7-4-20/h1-2,9H,3-8,10-11H2/p+1. The number of carbonyl (C=O) groups is 1. The molecule has 1 N–H and O–H groups in total. The van der Waals surface area contributed by atoms with Gasteiger partial charge in [0.05, 0.1) is 29.8 Å². The summed E-state index contributed by atoms with van der Waals surface area (Å²) in [6, 6.07) is 4.89. The van der Waals surface area contributed by atoms with Crippen molar-refractivity contribution in [2.24, 2.45) is 0 Å². The highest BCUT2D eigenvalue weighted by Gasteiger charge is 2.46. The number of benzene rings is 1. The summed E-state index contributed by atoms with van der Waals surface area (Å²) in [7, 11) is 0. The zero-order valence-electron chi connectivity index (χ0n) is 13.7. The minimum absolute atomic E-state index is 0.155. The number of morpholine rings is 1. The van der Waals surface area contributed by atoms with Crippen molar-refractivity contribution in [3.63, 3.8) is 0 Å². The Hall–Kier alpha value is -1.48. The van der Waals surface area contributed by atoms with Gasteiger partial charge in [-0.05, 0) is 6.07 Å². The topological polar surface area (TPSA) is 50.8 Å². The van der Waals surface area contributed by atoms with E-state index in [0.29, 0.717) is 49.2 Å². The minimum Gasteiger partial charge on any atom is -0.414 e. The van der Waals surface area contributed by atoms with Crippen molar-refractivity contribution in [3.8, 4) is 0 Å². The Morgan fingerprint density at radius 3 is 2.72 bits per heavy atom. The fraction of sp³-hybridized carbons (Fsp3) is 0.500. The Balaban J connectivity index is 1.87. The highest BCUT2D eigenvalue weighted by molar-refractivity contribution is 7.80. The SMILES string of the molecule is O=C1OCC[N+]1(CNC(=S)CCl)c1ccc(N2CCOCC2)c(F)c1. The van der Waals surface area contributed by atoms with E-state index in [0.717, 1.165) is 0 Å². The van der Waals surface area contributed by atoms with E-state index in [2.05, 4.69) is 5.32 Å². The molecular weight excluding hydrogens is 369 g/mol. The van der Waals surface area contributed by atoms with Gasteiger partial charge in [-0.15, -0.1) is 11.6 Å². The molecule has 0 aromatic heterocycles. The van der Waals surface area contributed by atoms with Crippen molar-refractivity contribution in [1.82, 2.24) is 9.80 Å². The number of halogens is 2. The fourth-order valence-corrected chi connectivity index (χ4v) is 3.23. The van der Waals surface area contributed by atoms with E-state index < -0.39 is 6.09 Å². The third-order valence-corrected chi connectivity index (χ3v) is 5.21. The van der Waals surface area contributed by atoms with Crippen LogP contribution in [0.5, 0.6) is 0 Å². The number of quaternary nitrogens is 1. The molecule has 0 radical (unpaired) electrons. The second-order valence-corrected chi connectivity index (χ2v) is 6.69. The van der Waals surface area contributed by atoms with Gasteiger partial charge in [0.25, 0.3) is 0 Å². The van der Waals surface area contributed by atoms with E-state index >= 15 is 0 Å². The predicted octanol–water partition coefficient (Wildman–Crippen LogP) is 2.23. The van der Waals surface area contributed by atoms with Crippen molar-refractivity contribution in [3.05, 3.63) is 24.0 Å². The highest BCUT2D eigenvalue weighted by Crippen LogP contribution is 2.32. The van der Waals surface area contributed by atoms with E-state index in [4.69, 9.17) is 33.3 Å². The molecule has 1 unspecified atom stereocenters. The third-order valence-electron chi connectivity index (χ3n) is 4.49. The first-order chi connectivity index (χ1) is 12.1. The van der Waals surface area contributed by atoms with Crippen LogP contribution in [0.25, 0.3) is 0 Å². The summed E-state index contributed by atoms with van der Waals surface area (Å²) in [4.78, 5) is 14.8. The zero-order valence-corrected chi connectivity index (χ0v) is 15.2. The molecule has 25 heavy (non-hydrogen) atoms. The van der Waals surface area contributed by atoms with Gasteiger partial charge < -0.3 is 19.7 Å². The summed E-state index contributed by atoms with van der Waals surface area (Å²) >= 11 is 10.8. The maximum absolute atomic E-state index is 14.7. The molecule has 0 spiro atoms. The largest absolute Gasteiger partial charge is 0.523 e. The normalized spacial score (nSPS) is 23.4. The number of hydrogen-bond acceptors (Lipinski definition) is 5. The maximum atomic E-state index is 14.7. The van der Waals surface area contributed by atoms with Crippen LogP contribution in [-0.2, 0) is 9.47 Å². The molecule has 0 aliphatic carbocycles. The summed E-state index contributed by atoms with van der Waals surface area (Å²) in [5.74, 6) is -0.203. The van der Waals surface area contributed by atoms with E-state index in [1.807, 2.05) is 4.90 Å². The van der Waals surface area contributed by atoms with Gasteiger partial charge in [-0.1, -0.05) is 12.2 Å². The number of amides is 1. The van der Waals surface area contributed by atoms with Crippen molar-refractivity contribution < 1.29 is 18.7 Å². The molecule has 6 nitrogen and oxygen atoms in total. The number of anilines is 1. The number of hydrogen-bond donors (Lipinski definition) is 1. The van der Waals surface area contributed by atoms with Crippen LogP contribution < -0.4 is 14.7 Å². The van der Waals surface area contributed by atoms with Gasteiger partial charge in [0.15, 0.2) is 12.5 Å². The van der Waals surface area contributed by atoms with Gasteiger partial charge in [0.2, 0.25) is 0 Å². The van der Waals surface area contributed by atoms with Crippen LogP contribution in [-0.4, -0.2) is 63.1 Å². The second-order valence-electron chi connectivity index (χ2n) is 5.93. The molecule has 1 atom stereocenters. The number of thiocarbonyl (C=S) groups is 1. The number of cyclic esters (lactones) is 1. The van der Waals surface area contributed by atoms with Gasteiger partial charge in [-0.2, -0.15) is 9.28 Å². The molecule has 0 bridgehead atoms. The van der Waals surface area contributed by atoms with Gasteiger partial charge in [0.1, 0.15) is 18.8 Å². The Morgan fingerprint density at radius 2 is 2.12 bits per heavy atom. The Bertz CT molecular complexity index is 672. The van der Waals surface area contributed by atoms with E-state index in [1.54, 1.807) is 12.1 Å². The van der Waals surface area contributed by atoms with Crippen LogP contribution in [0.15, 0.2) is 18.2 Å². The van der Waals surface area contributed by atoms with E-state index in [9.17, 15) is 9.18 Å². The Kier molecular flexibility index (Phi) is 5.73. The highest BCUT2D eigenvalue weighted by atomic mass is 35.5. The first-order valence-corrected chi connectivity index (χ1v) is 9.01. The summed E-state index contributed by atoms with van der Waals surface area (Å²) in [6.07, 6.45) is -0.427. The lowest BCUT2D eigenvalue weighted by Crippen LogP contribution is -2.56. The predicted molar refractivity (Wildman–Crippen MR) is 98.8 cm³/mol. The molecule has 1 aromatic rings. The Labute approximate surface area is 156 Å². The van der Waals surface area contributed by atoms with Crippen LogP contribution in [0.3, 0.4) is 0 Å². The number of alkyl halides is 1. The molecule has 2 heterocycles. The molecule has 0 saturated carbocycles. The molecule has 3 rings (SSSR count). The smallest absolute Gasteiger partial charge is 0.414 e. The van der Waals surface area contributed by atoms with Crippen molar-refractivity contribution >= 4 is 46.3 Å². The summed E-state index contributed by atoms with van der Waals surface area (Å²) in [5.41, 5.74) is 1.05. The van der Waals surface area contributed by atoms with E-state index in [-0.39, 0.29) is 29.5 Å². The van der Waals surface area contributed by atoms with Gasteiger partial charge >= 0.3 is 6.09 Å². The summed E-state index contributed by atoms with van der Waals surface area (Å²) < 4.78 is 25.0. The molecule has 2 fully saturated rings. The monoisotopic (exact) mass is 388 g/mol. The van der Waals surface area contributed by atoms with Gasteiger partial charge in [-0.25, -0.2) is 4.39 Å². The molecule has 1 amide bonds. The van der Waals surface area contributed by atoms with E-state index in [1.165, 1.54) is 6.07 Å². The number of nitrogens with one attached hydrogen (secondary N) is 1. The molecule has 2 aliphatic rings. The average Bonchev–Trinajstić information content (AvgIpc) is 3.02. The minimum atomic E-state index is -0.427. The lowest BCUT2D eigenvalue weighted by molar-refractivity contribution is 0.122. The molecule has 136 valence electrons. The maximum Gasteiger partial charge on any atom is 0.523 e. The second kappa shape index (κ2) is 7.82. The van der Waals surface area contributed by atoms with Crippen molar-refractivity contribution in [2.75, 3.05) is 56.9 Å². The number of carbonyl (C=O) groups excluding carboxylic acids is 1. The van der Waals surface area contributed by atoms with Crippen LogP contribution in [0, 0.1) is 5.82 Å². The third kappa shape index (κ3) is 3.72. The van der Waals surface area contributed by atoms with Crippen LogP contribution in [0.2, 0.25) is 0 Å². The lowest BCUT2D eigenvalue weighted by atomic mass is 10.2. The summed E-state index contributed by atoms with van der Waals surface area (Å²) in [5, 5.41) is 2.96. The van der Waals surface area contributed by atoms with Crippen molar-refractivity contribution in [2.45, 2.75) is 0 Å². The zero-order chi connectivity index (χ0) is 17.9. The molecular formula is C16H20ClFN3O3S+. The quantitative estimate of drug-likeness (QED) is 0.474. The molecule has 2 saturated heterocycles. The fourth-order valence-electron chi connectivity index (χ4n) is 3.07. The molecule has 2 aliphatic heterocycles. The number of nitrogens with zero attached hydrogens (tertiary/aromatic N) is 2. The molecule has 9 heteroatoms. The molecule has 1 aromatic carbocycles. The van der Waals surface area contributed by atoms with Crippen LogP contribution >= 0.6 is 23.8 Å². The first kappa shape index (κ1) is 18.3. The van der Waals surface area contributed by atoms with Crippen LogP contribution in [0.4, 0.5) is 20.6 Å². The number of ether oxygens (including phenoxy) is 2. The Morgan fingerprint density at radius 1 is 1.36 bits per heavy atom. The van der Waals surface area contributed by atoms with Crippen molar-refractivity contribution in [1.29, 1.82) is 0 Å².